The normalized spacial score (nSPS) is 15.7. The van der Waals surface area contributed by atoms with E-state index < -0.39 is 5.41 Å². The summed E-state index contributed by atoms with van der Waals surface area (Å²) in [6.45, 7) is 2.45. The molecule has 2 aliphatic carbocycles. The number of para-hydroxylation sites is 2. The van der Waals surface area contributed by atoms with Gasteiger partial charge >= 0.3 is 0 Å². The lowest BCUT2D eigenvalue weighted by Crippen LogP contribution is -2.29. The molecule has 0 fully saturated rings. The molecular formula is C53H39N. The Balaban J connectivity index is 1.15. The first-order valence-corrected chi connectivity index (χ1v) is 19.3. The predicted octanol–water partition coefficient (Wildman–Crippen LogP) is 13.3. The zero-order valence-electron chi connectivity index (χ0n) is 30.3. The summed E-state index contributed by atoms with van der Waals surface area (Å²) >= 11 is 0. The molecule has 0 N–H and O–H groups in total. The van der Waals surface area contributed by atoms with Gasteiger partial charge in [0.2, 0.25) is 0 Å². The average molecular weight is 690 g/mol. The van der Waals surface area contributed by atoms with E-state index in [1.165, 1.54) is 88.7 Å². The van der Waals surface area contributed by atoms with Gasteiger partial charge in [-0.25, -0.2) is 0 Å². The van der Waals surface area contributed by atoms with Crippen molar-refractivity contribution in [2.45, 2.75) is 30.6 Å². The van der Waals surface area contributed by atoms with Gasteiger partial charge in [0.1, 0.15) is 0 Å². The fraction of sp³-hybridized carbons (Fsp3) is 0.0943. The number of fused-ring (bicyclic) bond motifs is 9. The number of hydrogen-bond donors (Lipinski definition) is 0. The monoisotopic (exact) mass is 689 g/mol. The van der Waals surface area contributed by atoms with Crippen molar-refractivity contribution in [1.82, 2.24) is 4.57 Å². The Kier molecular flexibility index (Phi) is 6.94. The third-order valence-corrected chi connectivity index (χ3v) is 12.6. The lowest BCUT2D eigenvalue weighted by Gasteiger charge is -2.35. The lowest BCUT2D eigenvalue weighted by atomic mass is 9.66. The molecule has 11 rings (SSSR count). The van der Waals surface area contributed by atoms with Gasteiger partial charge < -0.3 is 4.57 Å². The van der Waals surface area contributed by atoms with Crippen molar-refractivity contribution < 1.29 is 0 Å². The number of hydrogen-bond acceptors (Lipinski definition) is 0. The van der Waals surface area contributed by atoms with Gasteiger partial charge in [-0.1, -0.05) is 177 Å². The third kappa shape index (κ3) is 4.39. The maximum Gasteiger partial charge on any atom is 0.0714 e. The van der Waals surface area contributed by atoms with Gasteiger partial charge in [0, 0.05) is 16.5 Å². The van der Waals surface area contributed by atoms with E-state index in [1.54, 1.807) is 0 Å². The molecule has 54 heavy (non-hydrogen) atoms. The Morgan fingerprint density at radius 1 is 0.481 bits per heavy atom. The molecule has 1 unspecified atom stereocenters. The Hall–Kier alpha value is -6.44. The van der Waals surface area contributed by atoms with E-state index in [2.05, 4.69) is 206 Å². The van der Waals surface area contributed by atoms with E-state index in [4.69, 9.17) is 0 Å². The summed E-state index contributed by atoms with van der Waals surface area (Å²) in [5.74, 6) is 0.689. The molecule has 1 aromatic heterocycles. The fourth-order valence-electron chi connectivity index (χ4n) is 10.2. The summed E-state index contributed by atoms with van der Waals surface area (Å²) in [7, 11) is 0. The van der Waals surface area contributed by atoms with Crippen molar-refractivity contribution in [3.8, 4) is 27.9 Å². The molecule has 9 aromatic rings. The second-order valence-corrected chi connectivity index (χ2v) is 15.2. The SMILES string of the molecule is CC(c1ccc2c(c1)C(c1ccccc1)(c1ccccc1)c1cc(-n3c4ccccc4c4ccccc43)ccc1-2)[C@H]1Cc2ccccc2-c2ccccc21. The van der Waals surface area contributed by atoms with Crippen LogP contribution in [0.3, 0.4) is 0 Å². The average Bonchev–Trinajstić information content (AvgIpc) is 3.74. The molecule has 1 heterocycles. The van der Waals surface area contributed by atoms with Crippen LogP contribution in [0.4, 0.5) is 0 Å². The molecule has 0 aliphatic heterocycles. The quantitative estimate of drug-likeness (QED) is 0.170. The summed E-state index contributed by atoms with van der Waals surface area (Å²) in [5, 5.41) is 2.56. The zero-order valence-corrected chi connectivity index (χ0v) is 30.3. The molecule has 0 radical (unpaired) electrons. The van der Waals surface area contributed by atoms with Gasteiger partial charge in [0.15, 0.2) is 0 Å². The van der Waals surface area contributed by atoms with Gasteiger partial charge in [-0.3, -0.25) is 0 Å². The van der Waals surface area contributed by atoms with Crippen LogP contribution >= 0.6 is 0 Å². The minimum Gasteiger partial charge on any atom is -0.309 e. The highest BCUT2D eigenvalue weighted by atomic mass is 15.0. The molecule has 256 valence electrons. The topological polar surface area (TPSA) is 4.93 Å². The van der Waals surface area contributed by atoms with Gasteiger partial charge in [-0.2, -0.15) is 0 Å². The van der Waals surface area contributed by atoms with Crippen LogP contribution in [0.2, 0.25) is 0 Å². The molecule has 0 spiro atoms. The number of nitrogens with zero attached hydrogens (tertiary/aromatic N) is 1. The second kappa shape index (κ2) is 12.0. The van der Waals surface area contributed by atoms with Gasteiger partial charge in [-0.15, -0.1) is 0 Å². The molecule has 8 aromatic carbocycles. The van der Waals surface area contributed by atoms with Crippen LogP contribution in [-0.2, 0) is 11.8 Å². The fourth-order valence-corrected chi connectivity index (χ4v) is 10.2. The van der Waals surface area contributed by atoms with Crippen molar-refractivity contribution in [2.75, 3.05) is 0 Å². The van der Waals surface area contributed by atoms with E-state index in [-0.39, 0.29) is 0 Å². The standard InChI is InChI=1S/C53H39N/c1-35(48-32-37-16-8-9-21-41(37)42-22-10-11-23-43(42)48)36-28-30-44-45-31-29-40(54-51-26-14-12-24-46(51)47-25-13-15-27-52(47)54)34-50(45)53(49(44)33-36,38-17-4-2-5-18-38)39-19-6-3-7-20-39/h2-31,33-35,48H,32H2,1H3/t35?,48-/m1/s1. The van der Waals surface area contributed by atoms with Crippen molar-refractivity contribution in [3.05, 3.63) is 233 Å². The van der Waals surface area contributed by atoms with E-state index in [1.807, 2.05) is 0 Å². The first-order valence-electron chi connectivity index (χ1n) is 19.3. The third-order valence-electron chi connectivity index (χ3n) is 12.6. The number of rotatable bonds is 5. The van der Waals surface area contributed by atoms with Crippen LogP contribution in [0, 0.1) is 0 Å². The van der Waals surface area contributed by atoms with Crippen molar-refractivity contribution >= 4 is 21.8 Å². The van der Waals surface area contributed by atoms with Crippen LogP contribution in [-0.4, -0.2) is 4.57 Å². The summed E-state index contributed by atoms with van der Waals surface area (Å²) in [6.07, 6.45) is 1.04. The minimum absolute atomic E-state index is 0.311. The molecule has 0 bridgehead atoms. The highest BCUT2D eigenvalue weighted by Crippen LogP contribution is 2.58. The molecule has 2 atom stereocenters. The van der Waals surface area contributed by atoms with Gasteiger partial charge in [0.25, 0.3) is 0 Å². The highest BCUT2D eigenvalue weighted by molar-refractivity contribution is 6.09. The molecule has 0 amide bonds. The first-order chi connectivity index (χ1) is 26.7. The van der Waals surface area contributed by atoms with Crippen molar-refractivity contribution in [1.29, 1.82) is 0 Å². The van der Waals surface area contributed by atoms with Gasteiger partial charge in [-0.05, 0) is 104 Å². The van der Waals surface area contributed by atoms with E-state index in [9.17, 15) is 0 Å². The molecular weight excluding hydrogens is 651 g/mol. The zero-order chi connectivity index (χ0) is 35.8. The van der Waals surface area contributed by atoms with Crippen LogP contribution < -0.4 is 0 Å². The summed E-state index contributed by atoms with van der Waals surface area (Å²) in [4.78, 5) is 0. The molecule has 0 saturated carbocycles. The van der Waals surface area contributed by atoms with E-state index in [0.717, 1.165) is 6.42 Å². The summed E-state index contributed by atoms with van der Waals surface area (Å²) in [6, 6.07) is 72.8. The van der Waals surface area contributed by atoms with Crippen LogP contribution in [0.25, 0.3) is 49.7 Å². The predicted molar refractivity (Wildman–Crippen MR) is 225 cm³/mol. The van der Waals surface area contributed by atoms with Gasteiger partial charge in [0.05, 0.1) is 16.4 Å². The van der Waals surface area contributed by atoms with Crippen LogP contribution in [0.15, 0.2) is 194 Å². The van der Waals surface area contributed by atoms with Crippen molar-refractivity contribution in [3.63, 3.8) is 0 Å². The van der Waals surface area contributed by atoms with E-state index >= 15 is 0 Å². The molecule has 2 aliphatic rings. The Labute approximate surface area is 316 Å². The first kappa shape index (κ1) is 31.1. The van der Waals surface area contributed by atoms with Crippen LogP contribution in [0.5, 0.6) is 0 Å². The Bertz CT molecular complexity index is 2780. The molecule has 1 heteroatoms. The summed E-state index contributed by atoms with van der Waals surface area (Å²) in [5.41, 5.74) is 18.1. The molecule has 1 nitrogen and oxygen atoms in total. The summed E-state index contributed by atoms with van der Waals surface area (Å²) < 4.78 is 2.46. The minimum atomic E-state index is -0.505. The number of benzene rings is 8. The molecule has 0 saturated heterocycles. The van der Waals surface area contributed by atoms with E-state index in [0.29, 0.717) is 11.8 Å². The Morgan fingerprint density at radius 2 is 1.02 bits per heavy atom. The maximum atomic E-state index is 2.57. The maximum absolute atomic E-state index is 2.57. The largest absolute Gasteiger partial charge is 0.309 e. The van der Waals surface area contributed by atoms with Crippen molar-refractivity contribution in [2.24, 2.45) is 0 Å². The highest BCUT2D eigenvalue weighted by Gasteiger charge is 2.47. The lowest BCUT2D eigenvalue weighted by molar-refractivity contribution is 0.567. The Morgan fingerprint density at radius 3 is 1.70 bits per heavy atom. The number of aromatic nitrogens is 1. The smallest absolute Gasteiger partial charge is 0.0714 e. The second-order valence-electron chi connectivity index (χ2n) is 15.2. The van der Waals surface area contributed by atoms with Crippen LogP contribution in [0.1, 0.15) is 57.7 Å².